The van der Waals surface area contributed by atoms with Crippen molar-refractivity contribution in [2.45, 2.75) is 13.1 Å². The molecule has 0 saturated heterocycles. The number of aliphatic hydroxyl groups excluding tert-OH is 1. The van der Waals surface area contributed by atoms with Crippen molar-refractivity contribution in [3.05, 3.63) is 16.4 Å². The second-order valence-electron chi connectivity index (χ2n) is 2.01. The SMILES string of the molecule is CCOC(=O)/C(N=O)=C(/O)C(F)(F)F. The molecular formula is C6H6F3NO4. The van der Waals surface area contributed by atoms with E-state index in [9.17, 15) is 22.9 Å². The second-order valence-corrected chi connectivity index (χ2v) is 2.01. The van der Waals surface area contributed by atoms with Crippen LogP contribution >= 0.6 is 0 Å². The minimum absolute atomic E-state index is 0.233. The average molecular weight is 213 g/mol. The zero-order chi connectivity index (χ0) is 11.4. The summed E-state index contributed by atoms with van der Waals surface area (Å²) in [6.07, 6.45) is -5.20. The molecule has 0 aliphatic rings. The highest BCUT2D eigenvalue weighted by atomic mass is 19.4. The summed E-state index contributed by atoms with van der Waals surface area (Å²) in [5, 5.41) is 10.2. The molecule has 0 heterocycles. The Bertz CT molecular complexity index is 271. The van der Waals surface area contributed by atoms with Crippen molar-refractivity contribution in [3.8, 4) is 0 Å². The first-order valence-corrected chi connectivity index (χ1v) is 3.35. The Morgan fingerprint density at radius 3 is 2.29 bits per heavy atom. The standard InChI is InChI=1S/C6H6F3NO4/c1-2-14-5(12)3(10-13)4(11)6(7,8)9/h11H,2H2,1H3/b4-3-. The maximum Gasteiger partial charge on any atom is 0.451 e. The third-order valence-corrected chi connectivity index (χ3v) is 1.05. The van der Waals surface area contributed by atoms with Gasteiger partial charge in [-0.25, -0.2) is 4.79 Å². The van der Waals surface area contributed by atoms with E-state index in [-0.39, 0.29) is 6.61 Å². The van der Waals surface area contributed by atoms with E-state index in [1.807, 2.05) is 0 Å². The Morgan fingerprint density at radius 1 is 1.50 bits per heavy atom. The monoisotopic (exact) mass is 213 g/mol. The van der Waals surface area contributed by atoms with E-state index < -0.39 is 23.6 Å². The van der Waals surface area contributed by atoms with Crippen LogP contribution in [-0.4, -0.2) is 23.9 Å². The summed E-state index contributed by atoms with van der Waals surface area (Å²) in [7, 11) is 0. The van der Waals surface area contributed by atoms with Gasteiger partial charge < -0.3 is 9.84 Å². The number of hydrogen-bond donors (Lipinski definition) is 1. The Balaban J connectivity index is 5.04. The number of alkyl halides is 3. The molecule has 0 amide bonds. The highest BCUT2D eigenvalue weighted by Crippen LogP contribution is 2.26. The van der Waals surface area contributed by atoms with Crippen molar-refractivity contribution < 1.29 is 27.8 Å². The maximum absolute atomic E-state index is 11.8. The van der Waals surface area contributed by atoms with E-state index >= 15 is 0 Å². The topological polar surface area (TPSA) is 76.0 Å². The summed E-state index contributed by atoms with van der Waals surface area (Å²) in [6.45, 7) is 1.09. The van der Waals surface area contributed by atoms with Gasteiger partial charge >= 0.3 is 12.1 Å². The van der Waals surface area contributed by atoms with Crippen molar-refractivity contribution in [1.29, 1.82) is 0 Å². The van der Waals surface area contributed by atoms with Gasteiger partial charge in [-0.2, -0.15) is 13.2 Å². The molecule has 0 bridgehead atoms. The van der Waals surface area contributed by atoms with Crippen LogP contribution in [0.2, 0.25) is 0 Å². The number of ether oxygens (including phenoxy) is 1. The van der Waals surface area contributed by atoms with Crippen LogP contribution in [0.1, 0.15) is 6.92 Å². The molecule has 8 heteroatoms. The first kappa shape index (κ1) is 12.4. The summed E-state index contributed by atoms with van der Waals surface area (Å²) in [6, 6.07) is 0. The summed E-state index contributed by atoms with van der Waals surface area (Å²) in [5.74, 6) is -3.97. The van der Waals surface area contributed by atoms with Gasteiger partial charge in [-0.1, -0.05) is 0 Å². The maximum atomic E-state index is 11.8. The van der Waals surface area contributed by atoms with Crippen molar-refractivity contribution in [1.82, 2.24) is 0 Å². The normalized spacial score (nSPS) is 13.1. The van der Waals surface area contributed by atoms with E-state index in [0.29, 0.717) is 0 Å². The Labute approximate surface area is 76.1 Å². The number of aliphatic hydroxyl groups is 1. The molecule has 0 unspecified atom stereocenters. The summed E-state index contributed by atoms with van der Waals surface area (Å²) >= 11 is 0. The van der Waals surface area contributed by atoms with Crippen LogP contribution < -0.4 is 0 Å². The van der Waals surface area contributed by atoms with Gasteiger partial charge in [0, 0.05) is 0 Å². The number of carbonyl (C=O) groups excluding carboxylic acids is 1. The van der Waals surface area contributed by atoms with Crippen LogP contribution in [0.5, 0.6) is 0 Å². The van der Waals surface area contributed by atoms with Crippen molar-refractivity contribution >= 4 is 5.97 Å². The number of esters is 1. The van der Waals surface area contributed by atoms with E-state index in [1.165, 1.54) is 6.92 Å². The van der Waals surface area contributed by atoms with Gasteiger partial charge in [0.05, 0.1) is 6.61 Å². The summed E-state index contributed by atoms with van der Waals surface area (Å²) in [5.41, 5.74) is -1.68. The molecule has 0 spiro atoms. The summed E-state index contributed by atoms with van der Waals surface area (Å²) < 4.78 is 39.4. The number of rotatable bonds is 3. The molecule has 0 aromatic rings. The van der Waals surface area contributed by atoms with Crippen LogP contribution in [-0.2, 0) is 9.53 Å². The van der Waals surface area contributed by atoms with Gasteiger partial charge in [-0.15, -0.1) is 4.91 Å². The van der Waals surface area contributed by atoms with Crippen LogP contribution in [0.4, 0.5) is 13.2 Å². The fraction of sp³-hybridized carbons (Fsp3) is 0.500. The lowest BCUT2D eigenvalue weighted by atomic mass is 10.3. The molecule has 1 N–H and O–H groups in total. The number of halogens is 3. The predicted molar refractivity (Wildman–Crippen MR) is 38.1 cm³/mol. The average Bonchev–Trinajstić information content (AvgIpc) is 2.04. The minimum atomic E-state index is -5.20. The quantitative estimate of drug-likeness (QED) is 0.334. The number of hydrogen-bond acceptors (Lipinski definition) is 5. The highest BCUT2D eigenvalue weighted by molar-refractivity contribution is 5.88. The number of carbonyl (C=O) groups is 1. The third kappa shape index (κ3) is 3.04. The molecule has 0 radical (unpaired) electrons. The molecule has 5 nitrogen and oxygen atoms in total. The molecule has 0 atom stereocenters. The first-order valence-electron chi connectivity index (χ1n) is 3.35. The number of allylic oxidation sites excluding steroid dienone is 1. The molecule has 0 saturated carbocycles. The van der Waals surface area contributed by atoms with Gasteiger partial charge in [-0.05, 0) is 12.1 Å². The molecule has 0 aliphatic heterocycles. The Morgan fingerprint density at radius 2 is 2.00 bits per heavy atom. The highest BCUT2D eigenvalue weighted by Gasteiger charge is 2.40. The van der Waals surface area contributed by atoms with Gasteiger partial charge in [0.25, 0.3) is 0 Å². The number of nitroso groups, excluding NO2 is 1. The molecule has 0 aromatic carbocycles. The van der Waals surface area contributed by atoms with Crippen molar-refractivity contribution in [2.75, 3.05) is 6.61 Å². The fourth-order valence-corrected chi connectivity index (χ4v) is 0.511. The van der Waals surface area contributed by atoms with Gasteiger partial charge in [-0.3, -0.25) is 0 Å². The molecule has 0 aliphatic carbocycles. The fourth-order valence-electron chi connectivity index (χ4n) is 0.511. The predicted octanol–water partition coefficient (Wildman–Crippen LogP) is 1.65. The van der Waals surface area contributed by atoms with Crippen molar-refractivity contribution in [2.24, 2.45) is 5.18 Å². The first-order chi connectivity index (χ1) is 6.34. The molecule has 14 heavy (non-hydrogen) atoms. The molecule has 0 aromatic heterocycles. The van der Waals surface area contributed by atoms with Crippen LogP contribution in [0.15, 0.2) is 16.6 Å². The minimum Gasteiger partial charge on any atom is -0.502 e. The zero-order valence-corrected chi connectivity index (χ0v) is 6.96. The lowest BCUT2D eigenvalue weighted by molar-refractivity contribution is -0.143. The lowest BCUT2D eigenvalue weighted by Crippen LogP contribution is -2.18. The van der Waals surface area contributed by atoms with Gasteiger partial charge in [0.1, 0.15) is 0 Å². The van der Waals surface area contributed by atoms with Gasteiger partial charge in [0.15, 0.2) is 0 Å². The Kier molecular flexibility index (Phi) is 4.06. The van der Waals surface area contributed by atoms with E-state index in [4.69, 9.17) is 5.11 Å². The van der Waals surface area contributed by atoms with Gasteiger partial charge in [0.2, 0.25) is 11.5 Å². The Hall–Kier alpha value is -1.60. The zero-order valence-electron chi connectivity index (χ0n) is 6.96. The van der Waals surface area contributed by atoms with Crippen LogP contribution in [0.25, 0.3) is 0 Å². The van der Waals surface area contributed by atoms with Crippen LogP contribution in [0.3, 0.4) is 0 Å². The largest absolute Gasteiger partial charge is 0.502 e. The molecule has 80 valence electrons. The molecule has 0 rings (SSSR count). The third-order valence-electron chi connectivity index (χ3n) is 1.05. The van der Waals surface area contributed by atoms with E-state index in [0.717, 1.165) is 0 Å². The number of nitrogens with zero attached hydrogens (tertiary/aromatic N) is 1. The lowest BCUT2D eigenvalue weighted by Gasteiger charge is -2.06. The second kappa shape index (κ2) is 4.58. The van der Waals surface area contributed by atoms with E-state index in [2.05, 4.69) is 4.74 Å². The smallest absolute Gasteiger partial charge is 0.451 e. The van der Waals surface area contributed by atoms with Crippen LogP contribution in [0, 0.1) is 4.91 Å². The van der Waals surface area contributed by atoms with E-state index in [1.54, 1.807) is 5.18 Å². The summed E-state index contributed by atoms with van der Waals surface area (Å²) in [4.78, 5) is 20.5. The molecule has 0 fully saturated rings. The molecular weight excluding hydrogens is 207 g/mol. The van der Waals surface area contributed by atoms with Crippen molar-refractivity contribution in [3.63, 3.8) is 0 Å².